The second-order valence-electron chi connectivity index (χ2n) is 3.03. The van der Waals surface area contributed by atoms with Crippen LogP contribution in [0, 0.1) is 0 Å². The molecular formula is C11H8O3. The van der Waals surface area contributed by atoms with E-state index in [9.17, 15) is 9.59 Å². The number of carbonyl (C=O) groups excluding carboxylic acids is 1. The molecule has 2 rings (SSSR count). The molecule has 0 aliphatic heterocycles. The maximum atomic E-state index is 11.5. The number of hydrogen-bond acceptors (Lipinski definition) is 3. The molecule has 1 aromatic heterocycles. The molecule has 0 saturated heterocycles. The van der Waals surface area contributed by atoms with Crippen LogP contribution in [0.1, 0.15) is 17.5 Å². The molecule has 0 fully saturated rings. The van der Waals surface area contributed by atoms with Gasteiger partial charge in [0.15, 0.2) is 17.0 Å². The second kappa shape index (κ2) is 3.10. The number of fused-ring (bicyclic) bond motifs is 1. The lowest BCUT2D eigenvalue weighted by atomic mass is 10.2. The van der Waals surface area contributed by atoms with Crippen molar-refractivity contribution < 1.29 is 9.21 Å². The first kappa shape index (κ1) is 8.69. The molecule has 0 aliphatic rings. The predicted molar refractivity (Wildman–Crippen MR) is 52.5 cm³/mol. The lowest BCUT2D eigenvalue weighted by Gasteiger charge is -1.98. The van der Waals surface area contributed by atoms with Crippen LogP contribution in [0.3, 0.4) is 0 Å². The highest BCUT2D eigenvalue weighted by Gasteiger charge is 2.06. The molecule has 3 nitrogen and oxygen atoms in total. The zero-order chi connectivity index (χ0) is 10.1. The minimum atomic E-state index is -0.243. The number of benzene rings is 1. The van der Waals surface area contributed by atoms with Crippen LogP contribution in [-0.2, 0) is 0 Å². The number of ketones is 1. The number of Topliss-reactive ketones (excluding diaryl/α,β-unsaturated/α-hetero) is 1. The van der Waals surface area contributed by atoms with Crippen LogP contribution in [0.25, 0.3) is 11.0 Å². The van der Waals surface area contributed by atoms with Crippen molar-refractivity contribution in [3.8, 4) is 0 Å². The van der Waals surface area contributed by atoms with Gasteiger partial charge in [-0.3, -0.25) is 9.59 Å². The van der Waals surface area contributed by atoms with Crippen molar-refractivity contribution in [3.63, 3.8) is 0 Å². The molecule has 0 bridgehead atoms. The van der Waals surface area contributed by atoms with Gasteiger partial charge < -0.3 is 4.42 Å². The lowest BCUT2D eigenvalue weighted by Crippen LogP contribution is -2.04. The van der Waals surface area contributed by atoms with Gasteiger partial charge in [-0.1, -0.05) is 12.1 Å². The van der Waals surface area contributed by atoms with Gasteiger partial charge >= 0.3 is 0 Å². The summed E-state index contributed by atoms with van der Waals surface area (Å²) in [6.45, 7) is 1.37. The van der Waals surface area contributed by atoms with Crippen molar-refractivity contribution in [2.75, 3.05) is 0 Å². The van der Waals surface area contributed by atoms with Crippen LogP contribution in [0.5, 0.6) is 0 Å². The van der Waals surface area contributed by atoms with Gasteiger partial charge in [-0.15, -0.1) is 0 Å². The highest BCUT2D eigenvalue weighted by atomic mass is 16.3. The number of carbonyl (C=O) groups is 1. The molecule has 70 valence electrons. The van der Waals surface area contributed by atoms with Gasteiger partial charge in [-0.25, -0.2) is 0 Å². The van der Waals surface area contributed by atoms with E-state index in [2.05, 4.69) is 0 Å². The fraction of sp³-hybridized carbons (Fsp3) is 0.0909. The Morgan fingerprint density at radius 2 is 2.00 bits per heavy atom. The largest absolute Gasteiger partial charge is 0.453 e. The summed E-state index contributed by atoms with van der Waals surface area (Å²) in [5.41, 5.74) is 0.266. The summed E-state index contributed by atoms with van der Waals surface area (Å²) in [4.78, 5) is 22.5. The predicted octanol–water partition coefficient (Wildman–Crippen LogP) is 2.00. The van der Waals surface area contributed by atoms with Crippen LogP contribution in [0.15, 0.2) is 39.5 Å². The summed E-state index contributed by atoms with van der Waals surface area (Å²) in [6.07, 6.45) is 0. The SMILES string of the molecule is CC(=O)c1cc(=O)c2ccccc2o1. The van der Waals surface area contributed by atoms with E-state index in [1.165, 1.54) is 13.0 Å². The van der Waals surface area contributed by atoms with Gasteiger partial charge in [-0.05, 0) is 12.1 Å². The van der Waals surface area contributed by atoms with Crippen LogP contribution < -0.4 is 5.43 Å². The number of rotatable bonds is 1. The Bertz CT molecular complexity index is 552. The molecule has 0 aliphatic carbocycles. The normalized spacial score (nSPS) is 10.4. The van der Waals surface area contributed by atoms with E-state index in [0.29, 0.717) is 11.0 Å². The van der Waals surface area contributed by atoms with Crippen LogP contribution in [0.2, 0.25) is 0 Å². The summed E-state index contributed by atoms with van der Waals surface area (Å²) >= 11 is 0. The highest BCUT2D eigenvalue weighted by Crippen LogP contribution is 2.11. The quantitative estimate of drug-likeness (QED) is 0.643. The van der Waals surface area contributed by atoms with Crippen molar-refractivity contribution in [1.29, 1.82) is 0 Å². The fourth-order valence-corrected chi connectivity index (χ4v) is 1.28. The molecule has 3 heteroatoms. The minimum absolute atomic E-state index is 0.105. The van der Waals surface area contributed by atoms with Gasteiger partial charge in [0.2, 0.25) is 0 Å². The standard InChI is InChI=1S/C11H8O3/c1-7(12)11-6-9(13)8-4-2-3-5-10(8)14-11/h2-6H,1H3. The average molecular weight is 188 g/mol. The summed E-state index contributed by atoms with van der Waals surface area (Å²) in [7, 11) is 0. The van der Waals surface area contributed by atoms with Crippen molar-refractivity contribution in [2.24, 2.45) is 0 Å². The van der Waals surface area contributed by atoms with Gasteiger partial charge in [0.1, 0.15) is 5.58 Å². The van der Waals surface area contributed by atoms with E-state index >= 15 is 0 Å². The Labute approximate surface area is 80.0 Å². The van der Waals surface area contributed by atoms with Crippen molar-refractivity contribution >= 4 is 16.8 Å². The highest BCUT2D eigenvalue weighted by molar-refractivity contribution is 5.92. The molecule has 1 heterocycles. The molecule has 0 amide bonds. The first-order valence-electron chi connectivity index (χ1n) is 4.22. The summed E-state index contributed by atoms with van der Waals surface area (Å²) in [5, 5.41) is 0.498. The summed E-state index contributed by atoms with van der Waals surface area (Å²) in [6, 6.07) is 8.08. The topological polar surface area (TPSA) is 47.3 Å². The molecule has 0 unspecified atom stereocenters. The molecule has 0 radical (unpaired) electrons. The summed E-state index contributed by atoms with van der Waals surface area (Å²) in [5.74, 6) is -0.137. The van der Waals surface area contributed by atoms with Crippen molar-refractivity contribution in [2.45, 2.75) is 6.92 Å². The van der Waals surface area contributed by atoms with E-state index in [-0.39, 0.29) is 17.0 Å². The number of para-hydroxylation sites is 1. The third-order valence-corrected chi connectivity index (χ3v) is 1.98. The third kappa shape index (κ3) is 1.33. The smallest absolute Gasteiger partial charge is 0.195 e. The molecular weight excluding hydrogens is 180 g/mol. The second-order valence-corrected chi connectivity index (χ2v) is 3.03. The monoisotopic (exact) mass is 188 g/mol. The Morgan fingerprint density at radius 3 is 2.71 bits per heavy atom. The van der Waals surface area contributed by atoms with Crippen LogP contribution in [-0.4, -0.2) is 5.78 Å². The van der Waals surface area contributed by atoms with Gasteiger partial charge in [0.05, 0.1) is 5.39 Å². The molecule has 2 aromatic rings. The van der Waals surface area contributed by atoms with E-state index in [4.69, 9.17) is 4.42 Å². The maximum absolute atomic E-state index is 11.5. The Balaban J connectivity index is 2.86. The van der Waals surface area contributed by atoms with Gasteiger partial charge in [-0.2, -0.15) is 0 Å². The fourth-order valence-electron chi connectivity index (χ4n) is 1.28. The molecule has 0 atom stereocenters. The van der Waals surface area contributed by atoms with E-state index in [1.807, 2.05) is 0 Å². The first-order chi connectivity index (χ1) is 6.68. The van der Waals surface area contributed by atoms with Gasteiger partial charge in [0, 0.05) is 13.0 Å². The third-order valence-electron chi connectivity index (χ3n) is 1.98. The Morgan fingerprint density at radius 1 is 1.29 bits per heavy atom. The van der Waals surface area contributed by atoms with Crippen molar-refractivity contribution in [3.05, 3.63) is 46.3 Å². The molecule has 0 N–H and O–H groups in total. The molecule has 1 aromatic carbocycles. The molecule has 14 heavy (non-hydrogen) atoms. The average Bonchev–Trinajstić information content (AvgIpc) is 2.17. The zero-order valence-electron chi connectivity index (χ0n) is 7.61. The van der Waals surface area contributed by atoms with E-state index in [1.54, 1.807) is 24.3 Å². The first-order valence-corrected chi connectivity index (χ1v) is 4.22. The van der Waals surface area contributed by atoms with Crippen molar-refractivity contribution in [1.82, 2.24) is 0 Å². The molecule has 0 saturated carbocycles. The Kier molecular flexibility index (Phi) is 1.93. The van der Waals surface area contributed by atoms with E-state index < -0.39 is 0 Å². The van der Waals surface area contributed by atoms with Gasteiger partial charge in [0.25, 0.3) is 0 Å². The maximum Gasteiger partial charge on any atom is 0.195 e. The van der Waals surface area contributed by atoms with Crippen LogP contribution in [0.4, 0.5) is 0 Å². The summed E-state index contributed by atoms with van der Waals surface area (Å²) < 4.78 is 5.25. The lowest BCUT2D eigenvalue weighted by molar-refractivity contribution is 0.0988. The minimum Gasteiger partial charge on any atom is -0.453 e. The zero-order valence-corrected chi connectivity index (χ0v) is 7.61. The number of hydrogen-bond donors (Lipinski definition) is 0. The van der Waals surface area contributed by atoms with Crippen LogP contribution >= 0.6 is 0 Å². The Hall–Kier alpha value is -1.90. The molecule has 0 spiro atoms. The van der Waals surface area contributed by atoms with E-state index in [0.717, 1.165) is 0 Å².